The van der Waals surface area contributed by atoms with Crippen molar-refractivity contribution in [3.63, 3.8) is 0 Å². The summed E-state index contributed by atoms with van der Waals surface area (Å²) in [5.41, 5.74) is 2.53. The Morgan fingerprint density at radius 1 is 1.03 bits per heavy atom. The Balaban J connectivity index is 1.14. The Labute approximate surface area is 220 Å². The van der Waals surface area contributed by atoms with Crippen LogP contribution in [0.4, 0.5) is 0 Å². The third-order valence-corrected chi connectivity index (χ3v) is 6.49. The second-order valence-corrected chi connectivity index (χ2v) is 9.11. The molecule has 1 amide bonds. The summed E-state index contributed by atoms with van der Waals surface area (Å²) >= 11 is 0. The highest BCUT2D eigenvalue weighted by Gasteiger charge is 2.16. The lowest BCUT2D eigenvalue weighted by Gasteiger charge is -2.23. The number of aryl methyl sites for hydroxylation is 1. The molecule has 5 rings (SSSR count). The molecule has 1 N–H and O–H groups in total. The lowest BCUT2D eigenvalue weighted by atomic mass is 10.2. The van der Waals surface area contributed by atoms with Gasteiger partial charge in [0, 0.05) is 62.6 Å². The number of nitrogens with one attached hydrogen (secondary N) is 1. The molecule has 1 aliphatic heterocycles. The molecule has 0 saturated carbocycles. The molecule has 0 bridgehead atoms. The molecule has 3 heterocycles. The van der Waals surface area contributed by atoms with Gasteiger partial charge in [0.25, 0.3) is 11.5 Å². The molecule has 0 spiro atoms. The largest absolute Gasteiger partial charge is 0.494 e. The number of benzene rings is 2. The molecule has 196 valence electrons. The topological polar surface area (TPSA) is 94.9 Å². The molecule has 9 heteroatoms. The van der Waals surface area contributed by atoms with Gasteiger partial charge in [-0.15, -0.1) is 0 Å². The van der Waals surface area contributed by atoms with Gasteiger partial charge in [-0.3, -0.25) is 19.5 Å². The van der Waals surface area contributed by atoms with E-state index >= 15 is 0 Å². The lowest BCUT2D eigenvalue weighted by molar-refractivity contribution is 0.0946. The van der Waals surface area contributed by atoms with Crippen LogP contribution in [0.25, 0.3) is 10.9 Å². The second-order valence-electron chi connectivity index (χ2n) is 9.11. The zero-order valence-electron chi connectivity index (χ0n) is 21.3. The maximum absolute atomic E-state index is 12.7. The van der Waals surface area contributed by atoms with Crippen molar-refractivity contribution in [1.82, 2.24) is 19.8 Å². The van der Waals surface area contributed by atoms with E-state index in [9.17, 15) is 9.59 Å². The van der Waals surface area contributed by atoms with E-state index in [1.807, 2.05) is 36.4 Å². The highest BCUT2D eigenvalue weighted by atomic mass is 16.7. The van der Waals surface area contributed by atoms with Gasteiger partial charge in [0.15, 0.2) is 11.5 Å². The van der Waals surface area contributed by atoms with Gasteiger partial charge < -0.3 is 24.1 Å². The van der Waals surface area contributed by atoms with Gasteiger partial charge in [0.05, 0.1) is 12.1 Å². The third kappa shape index (κ3) is 6.12. The minimum Gasteiger partial charge on any atom is -0.494 e. The molecule has 9 nitrogen and oxygen atoms in total. The van der Waals surface area contributed by atoms with Crippen LogP contribution in [0.3, 0.4) is 0 Å². The van der Waals surface area contributed by atoms with E-state index < -0.39 is 0 Å². The molecular weight excluding hydrogens is 484 g/mol. The quantitative estimate of drug-likeness (QED) is 0.307. The van der Waals surface area contributed by atoms with Crippen LogP contribution in [-0.4, -0.2) is 53.4 Å². The number of carbonyl (C=O) groups is 1. The summed E-state index contributed by atoms with van der Waals surface area (Å²) in [6.45, 7) is 3.45. The fourth-order valence-electron chi connectivity index (χ4n) is 4.41. The highest BCUT2D eigenvalue weighted by molar-refractivity contribution is 5.94. The van der Waals surface area contributed by atoms with Crippen molar-refractivity contribution in [2.75, 3.05) is 33.0 Å². The Hall–Kier alpha value is -4.37. The van der Waals surface area contributed by atoms with Gasteiger partial charge in [-0.25, -0.2) is 0 Å². The number of ether oxygens (including phenoxy) is 3. The summed E-state index contributed by atoms with van der Waals surface area (Å²) in [5, 5.41) is 3.96. The van der Waals surface area contributed by atoms with Crippen LogP contribution >= 0.6 is 0 Å². The molecule has 4 aromatic rings. The van der Waals surface area contributed by atoms with Crippen molar-refractivity contribution in [2.45, 2.75) is 13.0 Å². The van der Waals surface area contributed by atoms with Crippen LogP contribution in [-0.2, 0) is 13.6 Å². The summed E-state index contributed by atoms with van der Waals surface area (Å²) in [7, 11) is 1.76. The van der Waals surface area contributed by atoms with Gasteiger partial charge in [0.1, 0.15) is 5.75 Å². The third-order valence-electron chi connectivity index (χ3n) is 6.49. The molecule has 0 aliphatic carbocycles. The fraction of sp³-hybridized carbons (Fsp3) is 0.276. The average Bonchev–Trinajstić information content (AvgIpc) is 3.41. The van der Waals surface area contributed by atoms with Crippen LogP contribution in [0.15, 0.2) is 77.9 Å². The van der Waals surface area contributed by atoms with E-state index in [1.54, 1.807) is 48.3 Å². The molecule has 0 fully saturated rings. The number of nitrogens with zero attached hydrogens (tertiary/aromatic N) is 3. The Morgan fingerprint density at radius 2 is 1.87 bits per heavy atom. The van der Waals surface area contributed by atoms with Crippen LogP contribution in [0, 0.1) is 0 Å². The molecule has 0 unspecified atom stereocenters. The van der Waals surface area contributed by atoms with Gasteiger partial charge in [0.2, 0.25) is 6.79 Å². The molecule has 0 radical (unpaired) electrons. The molecule has 2 aromatic carbocycles. The van der Waals surface area contributed by atoms with Gasteiger partial charge >= 0.3 is 0 Å². The maximum Gasteiger partial charge on any atom is 0.251 e. The van der Waals surface area contributed by atoms with Crippen molar-refractivity contribution in [3.05, 3.63) is 94.5 Å². The van der Waals surface area contributed by atoms with Crippen molar-refractivity contribution in [1.29, 1.82) is 0 Å². The second kappa shape index (κ2) is 11.8. The van der Waals surface area contributed by atoms with Crippen molar-refractivity contribution in [3.8, 4) is 17.2 Å². The van der Waals surface area contributed by atoms with E-state index in [4.69, 9.17) is 14.2 Å². The first kappa shape index (κ1) is 25.3. The van der Waals surface area contributed by atoms with E-state index in [2.05, 4.69) is 15.2 Å². The Kier molecular flexibility index (Phi) is 7.84. The van der Waals surface area contributed by atoms with Crippen LogP contribution in [0.2, 0.25) is 0 Å². The van der Waals surface area contributed by atoms with E-state index in [-0.39, 0.29) is 18.3 Å². The molecule has 0 saturated heterocycles. The SMILES string of the molecule is Cn1c(=O)ccc2cc(OCCCN(CCNC(=O)c3ccc4c(c3)OCO4)Cc3ccncc3)ccc21. The van der Waals surface area contributed by atoms with E-state index in [0.29, 0.717) is 36.8 Å². The number of aromatic nitrogens is 2. The number of rotatable bonds is 11. The number of pyridine rings is 2. The standard InChI is InChI=1S/C29H30N4O5/c1-32-25-6-5-24(17-22(25)4-8-28(32)34)36-16-2-14-33(19-21-9-11-30-12-10-21)15-13-31-29(35)23-3-7-26-27(18-23)38-20-37-26/h3-12,17-18H,2,13-16,19-20H2,1H3,(H,31,35). The first-order valence-electron chi connectivity index (χ1n) is 12.6. The van der Waals surface area contributed by atoms with Crippen molar-refractivity contribution >= 4 is 16.8 Å². The van der Waals surface area contributed by atoms with E-state index in [1.165, 1.54) is 0 Å². The fourth-order valence-corrected chi connectivity index (χ4v) is 4.41. The molecule has 38 heavy (non-hydrogen) atoms. The number of carbonyl (C=O) groups excluding carboxylic acids is 1. The molecule has 1 aliphatic rings. The molecule has 2 aromatic heterocycles. The predicted octanol–water partition coefficient (Wildman–Crippen LogP) is 3.36. The Morgan fingerprint density at radius 3 is 2.74 bits per heavy atom. The van der Waals surface area contributed by atoms with E-state index in [0.717, 1.165) is 41.7 Å². The summed E-state index contributed by atoms with van der Waals surface area (Å²) in [4.78, 5) is 30.9. The summed E-state index contributed by atoms with van der Waals surface area (Å²) in [6, 6.07) is 18.3. The van der Waals surface area contributed by atoms with Crippen molar-refractivity contribution in [2.24, 2.45) is 7.05 Å². The minimum atomic E-state index is -0.149. The van der Waals surface area contributed by atoms with Gasteiger partial charge in [-0.05, 0) is 66.6 Å². The highest BCUT2D eigenvalue weighted by Crippen LogP contribution is 2.32. The van der Waals surface area contributed by atoms with Crippen molar-refractivity contribution < 1.29 is 19.0 Å². The average molecular weight is 515 g/mol. The zero-order valence-corrected chi connectivity index (χ0v) is 21.3. The summed E-state index contributed by atoms with van der Waals surface area (Å²) in [6.07, 6.45) is 4.38. The zero-order chi connectivity index (χ0) is 26.3. The first-order chi connectivity index (χ1) is 18.6. The van der Waals surface area contributed by atoms with Crippen LogP contribution < -0.4 is 25.1 Å². The summed E-state index contributed by atoms with van der Waals surface area (Å²) < 4.78 is 18.3. The van der Waals surface area contributed by atoms with Crippen LogP contribution in [0.5, 0.6) is 17.2 Å². The minimum absolute atomic E-state index is 0.0347. The van der Waals surface area contributed by atoms with Gasteiger partial charge in [-0.2, -0.15) is 0 Å². The molecule has 0 atom stereocenters. The lowest BCUT2D eigenvalue weighted by Crippen LogP contribution is -2.35. The number of hydrogen-bond donors (Lipinski definition) is 1. The smallest absolute Gasteiger partial charge is 0.251 e. The monoisotopic (exact) mass is 514 g/mol. The number of fused-ring (bicyclic) bond motifs is 2. The first-order valence-corrected chi connectivity index (χ1v) is 12.6. The Bertz CT molecular complexity index is 1470. The predicted molar refractivity (Wildman–Crippen MR) is 144 cm³/mol. The normalized spacial score (nSPS) is 12.2. The molecular formula is C29H30N4O5. The van der Waals surface area contributed by atoms with Crippen LogP contribution in [0.1, 0.15) is 22.3 Å². The number of hydrogen-bond acceptors (Lipinski definition) is 7. The number of amides is 1. The van der Waals surface area contributed by atoms with Gasteiger partial charge in [-0.1, -0.05) is 0 Å². The summed E-state index contributed by atoms with van der Waals surface area (Å²) in [5.74, 6) is 1.87. The maximum atomic E-state index is 12.7.